The van der Waals surface area contributed by atoms with E-state index in [0.29, 0.717) is 17.5 Å². The van der Waals surface area contributed by atoms with Crippen LogP contribution in [0, 0.1) is 22.7 Å². The summed E-state index contributed by atoms with van der Waals surface area (Å²) in [6.45, 7) is 4.61. The summed E-state index contributed by atoms with van der Waals surface area (Å²) in [5.74, 6) is 1.78. The summed E-state index contributed by atoms with van der Waals surface area (Å²) < 4.78 is 2.13. The lowest BCUT2D eigenvalue weighted by Crippen LogP contribution is -2.18. The fraction of sp³-hybridized carbons (Fsp3) is 0.400. The molecule has 8 heteroatoms. The zero-order chi connectivity index (χ0) is 19.3. The summed E-state index contributed by atoms with van der Waals surface area (Å²) in [5, 5.41) is 17.8. The molecular formula is C20H20N8. The first-order valence-electron chi connectivity index (χ1n) is 9.43. The Morgan fingerprint density at radius 3 is 2.89 bits per heavy atom. The number of fused-ring (bicyclic) bond motifs is 3. The number of H-pyrrole nitrogens is 1. The molecule has 0 amide bonds. The number of hydrogen-bond acceptors (Lipinski definition) is 6. The maximum Gasteiger partial charge on any atom is 0.179 e. The minimum atomic E-state index is 0.0968. The number of nitrogens with zero attached hydrogens (tertiary/aromatic N) is 7. The van der Waals surface area contributed by atoms with Crippen molar-refractivity contribution >= 4 is 16.8 Å². The van der Waals surface area contributed by atoms with Crippen LogP contribution in [0.1, 0.15) is 49.8 Å². The molecular weight excluding hydrogens is 352 g/mol. The van der Waals surface area contributed by atoms with E-state index in [9.17, 15) is 0 Å². The standard InChI is InChI=1S/C20H20N8/c1-20(2)7-12(5-13-9-24-14(8-21)10-23-13)6-15(20)19-27-26-17-11-25-18-16(28(17)19)3-4-22-18/h3-4,9-12,15,22H,5-7H2,1-2H3/t12-,15-/m0/s1. The van der Waals surface area contributed by atoms with Crippen molar-refractivity contribution in [1.82, 2.24) is 34.5 Å². The zero-order valence-electron chi connectivity index (χ0n) is 15.8. The first-order chi connectivity index (χ1) is 13.5. The van der Waals surface area contributed by atoms with Crippen molar-refractivity contribution in [2.75, 3.05) is 0 Å². The Labute approximate surface area is 161 Å². The molecule has 1 aliphatic carbocycles. The lowest BCUT2D eigenvalue weighted by atomic mass is 9.81. The van der Waals surface area contributed by atoms with Crippen molar-refractivity contribution in [2.24, 2.45) is 11.3 Å². The van der Waals surface area contributed by atoms with Crippen LogP contribution in [0.3, 0.4) is 0 Å². The number of aromatic amines is 1. The molecule has 4 aromatic heterocycles. The summed E-state index contributed by atoms with van der Waals surface area (Å²) in [4.78, 5) is 16.1. The normalized spacial score (nSPS) is 21.3. The van der Waals surface area contributed by atoms with Gasteiger partial charge in [-0.05, 0) is 36.7 Å². The maximum atomic E-state index is 8.89. The molecule has 0 saturated heterocycles. The van der Waals surface area contributed by atoms with E-state index in [1.165, 1.54) is 0 Å². The third-order valence-electron chi connectivity index (χ3n) is 5.92. The Bertz CT molecular complexity index is 1190. The minimum absolute atomic E-state index is 0.0968. The molecule has 1 saturated carbocycles. The smallest absolute Gasteiger partial charge is 0.179 e. The van der Waals surface area contributed by atoms with Crippen LogP contribution in [0.25, 0.3) is 16.8 Å². The molecule has 4 aromatic rings. The van der Waals surface area contributed by atoms with Crippen LogP contribution in [0.5, 0.6) is 0 Å². The topological polar surface area (TPSA) is 108 Å². The molecule has 8 nitrogen and oxygen atoms in total. The lowest BCUT2D eigenvalue weighted by molar-refractivity contribution is 0.313. The molecule has 1 aliphatic rings. The van der Waals surface area contributed by atoms with Gasteiger partial charge in [0.2, 0.25) is 0 Å². The first kappa shape index (κ1) is 16.8. The van der Waals surface area contributed by atoms with Gasteiger partial charge in [0.25, 0.3) is 0 Å². The average molecular weight is 372 g/mol. The van der Waals surface area contributed by atoms with Crippen LogP contribution >= 0.6 is 0 Å². The summed E-state index contributed by atoms with van der Waals surface area (Å²) in [5.41, 5.74) is 4.01. The fourth-order valence-corrected chi connectivity index (χ4v) is 4.67. The van der Waals surface area contributed by atoms with E-state index < -0.39 is 0 Å². The van der Waals surface area contributed by atoms with Crippen LogP contribution in [-0.4, -0.2) is 34.5 Å². The molecule has 28 heavy (non-hydrogen) atoms. The summed E-state index contributed by atoms with van der Waals surface area (Å²) in [7, 11) is 0. The fourth-order valence-electron chi connectivity index (χ4n) is 4.67. The number of aromatic nitrogens is 7. The van der Waals surface area contributed by atoms with Crippen LogP contribution in [0.15, 0.2) is 30.9 Å². The highest BCUT2D eigenvalue weighted by atomic mass is 15.3. The molecule has 1 N–H and O–H groups in total. The van der Waals surface area contributed by atoms with Crippen molar-refractivity contribution < 1.29 is 0 Å². The molecule has 1 fully saturated rings. The number of nitrogens with one attached hydrogen (secondary N) is 1. The van der Waals surface area contributed by atoms with Gasteiger partial charge in [-0.1, -0.05) is 13.8 Å². The average Bonchev–Trinajstić information content (AvgIpc) is 3.38. The SMILES string of the molecule is CC1(C)C[C@@H](Cc2cnc(C#N)cn2)C[C@H]1c1nnc2cnc3[nH]ccc3n12. The summed E-state index contributed by atoms with van der Waals surface area (Å²) >= 11 is 0. The maximum absolute atomic E-state index is 8.89. The number of rotatable bonds is 3. The van der Waals surface area contributed by atoms with Crippen molar-refractivity contribution in [3.8, 4) is 6.07 Å². The Balaban J connectivity index is 1.48. The highest BCUT2D eigenvalue weighted by molar-refractivity contribution is 5.74. The van der Waals surface area contributed by atoms with Crippen molar-refractivity contribution in [1.29, 1.82) is 5.26 Å². The van der Waals surface area contributed by atoms with E-state index in [-0.39, 0.29) is 5.41 Å². The van der Waals surface area contributed by atoms with Gasteiger partial charge in [0, 0.05) is 18.3 Å². The van der Waals surface area contributed by atoms with Crippen LogP contribution in [0.2, 0.25) is 0 Å². The number of nitriles is 1. The van der Waals surface area contributed by atoms with Gasteiger partial charge in [-0.2, -0.15) is 5.26 Å². The van der Waals surface area contributed by atoms with Gasteiger partial charge in [-0.15, -0.1) is 10.2 Å². The van der Waals surface area contributed by atoms with Crippen LogP contribution in [0.4, 0.5) is 0 Å². The second kappa shape index (κ2) is 6.09. The predicted octanol–water partition coefficient (Wildman–Crippen LogP) is 3.03. The van der Waals surface area contributed by atoms with Crippen molar-refractivity contribution in [2.45, 2.75) is 39.0 Å². The summed E-state index contributed by atoms with van der Waals surface area (Å²) in [6.07, 6.45) is 9.89. The van der Waals surface area contributed by atoms with E-state index in [1.807, 2.05) is 18.3 Å². The second-order valence-corrected chi connectivity index (χ2v) is 8.28. The van der Waals surface area contributed by atoms with Crippen molar-refractivity contribution in [3.63, 3.8) is 0 Å². The van der Waals surface area contributed by atoms with Crippen molar-refractivity contribution in [3.05, 3.63) is 48.1 Å². The van der Waals surface area contributed by atoms with E-state index in [4.69, 9.17) is 5.26 Å². The Morgan fingerprint density at radius 2 is 2.11 bits per heavy atom. The Hall–Kier alpha value is -3.34. The molecule has 0 aromatic carbocycles. The Kier molecular flexibility index (Phi) is 3.66. The highest BCUT2D eigenvalue weighted by Crippen LogP contribution is 2.52. The van der Waals surface area contributed by atoms with Gasteiger partial charge in [0.15, 0.2) is 17.0 Å². The monoisotopic (exact) mass is 372 g/mol. The molecule has 0 aliphatic heterocycles. The molecule has 5 rings (SSSR count). The molecule has 0 bridgehead atoms. The van der Waals surface area contributed by atoms with Gasteiger partial charge in [-0.25, -0.2) is 9.97 Å². The van der Waals surface area contributed by atoms with E-state index >= 15 is 0 Å². The van der Waals surface area contributed by atoms with E-state index in [1.54, 1.807) is 18.6 Å². The first-order valence-corrected chi connectivity index (χ1v) is 9.43. The molecule has 140 valence electrons. The molecule has 0 radical (unpaired) electrons. The quantitative estimate of drug-likeness (QED) is 0.592. The third-order valence-corrected chi connectivity index (χ3v) is 5.92. The minimum Gasteiger partial charge on any atom is -0.345 e. The Morgan fingerprint density at radius 1 is 1.21 bits per heavy atom. The van der Waals surface area contributed by atoms with Gasteiger partial charge >= 0.3 is 0 Å². The molecule has 0 unspecified atom stereocenters. The molecule has 4 heterocycles. The third kappa shape index (κ3) is 2.62. The number of hydrogen-bond donors (Lipinski definition) is 1. The zero-order valence-corrected chi connectivity index (χ0v) is 15.8. The van der Waals surface area contributed by atoms with E-state index in [2.05, 4.69) is 48.4 Å². The predicted molar refractivity (Wildman–Crippen MR) is 102 cm³/mol. The van der Waals surface area contributed by atoms with Gasteiger partial charge in [0.1, 0.15) is 11.9 Å². The second-order valence-electron chi connectivity index (χ2n) is 8.28. The lowest BCUT2D eigenvalue weighted by Gasteiger charge is -2.25. The van der Waals surface area contributed by atoms with E-state index in [0.717, 1.165) is 47.6 Å². The molecule has 0 spiro atoms. The largest absolute Gasteiger partial charge is 0.345 e. The molecule has 2 atom stereocenters. The van der Waals surface area contributed by atoms with Crippen LogP contribution in [-0.2, 0) is 6.42 Å². The van der Waals surface area contributed by atoms with Gasteiger partial charge < -0.3 is 4.98 Å². The van der Waals surface area contributed by atoms with Crippen LogP contribution < -0.4 is 0 Å². The van der Waals surface area contributed by atoms with Gasteiger partial charge in [-0.3, -0.25) is 9.38 Å². The summed E-state index contributed by atoms with van der Waals surface area (Å²) in [6, 6.07) is 4.04. The van der Waals surface area contributed by atoms with Gasteiger partial charge in [0.05, 0.1) is 23.6 Å². The highest BCUT2D eigenvalue weighted by Gasteiger charge is 2.43.